The highest BCUT2D eigenvalue weighted by Crippen LogP contribution is 2.33. The Morgan fingerprint density at radius 3 is 2.62 bits per heavy atom. The van der Waals surface area contributed by atoms with Crippen LogP contribution in [0.25, 0.3) is 0 Å². The van der Waals surface area contributed by atoms with Crippen molar-refractivity contribution in [2.75, 3.05) is 13.2 Å². The molecule has 1 aliphatic heterocycles. The lowest BCUT2D eigenvalue weighted by Crippen LogP contribution is -2.24. The average Bonchev–Trinajstić information content (AvgIpc) is 2.54. The minimum atomic E-state index is -0.275. The fourth-order valence-electron chi connectivity index (χ4n) is 2.91. The van der Waals surface area contributed by atoms with Crippen LogP contribution < -0.4 is 9.47 Å². The summed E-state index contributed by atoms with van der Waals surface area (Å²) in [7, 11) is 0. The molecule has 0 saturated heterocycles. The highest BCUT2D eigenvalue weighted by molar-refractivity contribution is 5.78. The molecule has 4 heteroatoms. The Morgan fingerprint density at radius 1 is 1.14 bits per heavy atom. The fourth-order valence-corrected chi connectivity index (χ4v) is 2.91. The van der Waals surface area contributed by atoms with Gasteiger partial charge in [0.1, 0.15) is 19.3 Å². The zero-order valence-corrected chi connectivity index (χ0v) is 12.5. The molecule has 1 aliphatic carbocycles. The Labute approximate surface area is 125 Å². The van der Waals surface area contributed by atoms with Gasteiger partial charge in [0.2, 0.25) is 0 Å². The molecule has 4 nitrogen and oxygen atoms in total. The Kier molecular flexibility index (Phi) is 4.32. The van der Waals surface area contributed by atoms with E-state index in [0.29, 0.717) is 13.2 Å². The molecule has 1 saturated carbocycles. The zero-order chi connectivity index (χ0) is 14.7. The van der Waals surface area contributed by atoms with E-state index in [1.54, 1.807) is 0 Å². The summed E-state index contributed by atoms with van der Waals surface area (Å²) in [6.45, 7) is 3.01. The topological polar surface area (TPSA) is 44.8 Å². The van der Waals surface area contributed by atoms with Crippen molar-refractivity contribution in [2.24, 2.45) is 0 Å². The minimum absolute atomic E-state index is 0.103. The van der Waals surface area contributed by atoms with Crippen molar-refractivity contribution in [3.05, 3.63) is 23.8 Å². The predicted octanol–water partition coefficient (Wildman–Crippen LogP) is 3.44. The molecule has 1 atom stereocenters. The van der Waals surface area contributed by atoms with Crippen molar-refractivity contribution < 1.29 is 19.0 Å². The third kappa shape index (κ3) is 3.31. The molecule has 1 unspecified atom stereocenters. The lowest BCUT2D eigenvalue weighted by atomic mass is 9.97. The van der Waals surface area contributed by atoms with Crippen LogP contribution in [0.3, 0.4) is 0 Å². The van der Waals surface area contributed by atoms with Crippen LogP contribution in [0.4, 0.5) is 0 Å². The van der Waals surface area contributed by atoms with E-state index in [2.05, 4.69) is 0 Å². The predicted molar refractivity (Wildman–Crippen MR) is 78.8 cm³/mol. The summed E-state index contributed by atoms with van der Waals surface area (Å²) < 4.78 is 16.7. The van der Waals surface area contributed by atoms with Crippen molar-refractivity contribution in [2.45, 2.75) is 51.0 Å². The highest BCUT2D eigenvalue weighted by Gasteiger charge is 2.24. The molecule has 1 fully saturated rings. The van der Waals surface area contributed by atoms with Crippen molar-refractivity contribution >= 4 is 5.97 Å². The van der Waals surface area contributed by atoms with Gasteiger partial charge in [-0.1, -0.05) is 12.5 Å². The summed E-state index contributed by atoms with van der Waals surface area (Å²) in [4.78, 5) is 12.3. The van der Waals surface area contributed by atoms with Crippen LogP contribution in [0.15, 0.2) is 18.2 Å². The number of carbonyl (C=O) groups is 1. The maximum Gasteiger partial charge on any atom is 0.313 e. The molecule has 1 heterocycles. The monoisotopic (exact) mass is 290 g/mol. The Hall–Kier alpha value is -1.71. The number of hydrogen-bond donors (Lipinski definition) is 0. The minimum Gasteiger partial charge on any atom is -0.486 e. The number of rotatable bonds is 3. The van der Waals surface area contributed by atoms with Crippen molar-refractivity contribution in [1.29, 1.82) is 0 Å². The largest absolute Gasteiger partial charge is 0.486 e. The van der Waals surface area contributed by atoms with E-state index in [9.17, 15) is 4.79 Å². The van der Waals surface area contributed by atoms with Gasteiger partial charge in [-0.05, 0) is 50.3 Å². The summed E-state index contributed by atoms with van der Waals surface area (Å²) >= 11 is 0. The Balaban J connectivity index is 1.66. The molecule has 3 rings (SSSR count). The molecule has 0 radical (unpaired) electrons. The fraction of sp³-hybridized carbons (Fsp3) is 0.588. The van der Waals surface area contributed by atoms with E-state index >= 15 is 0 Å². The lowest BCUT2D eigenvalue weighted by molar-refractivity contribution is -0.151. The van der Waals surface area contributed by atoms with Crippen LogP contribution in [-0.2, 0) is 9.53 Å². The average molecular weight is 290 g/mol. The number of fused-ring (bicyclic) bond motifs is 1. The first kappa shape index (κ1) is 14.2. The third-order valence-corrected chi connectivity index (χ3v) is 4.25. The van der Waals surface area contributed by atoms with Gasteiger partial charge in [-0.3, -0.25) is 4.79 Å². The maximum atomic E-state index is 12.3. The van der Waals surface area contributed by atoms with Crippen molar-refractivity contribution in [3.8, 4) is 11.5 Å². The summed E-state index contributed by atoms with van der Waals surface area (Å²) in [6.07, 6.45) is 5.68. The van der Waals surface area contributed by atoms with Crippen LogP contribution in [0.5, 0.6) is 11.5 Å². The second-order valence-corrected chi connectivity index (χ2v) is 5.82. The van der Waals surface area contributed by atoms with Gasteiger partial charge < -0.3 is 14.2 Å². The highest BCUT2D eigenvalue weighted by atomic mass is 16.6. The van der Waals surface area contributed by atoms with Crippen LogP contribution in [-0.4, -0.2) is 25.3 Å². The molecule has 0 bridgehead atoms. The lowest BCUT2D eigenvalue weighted by Gasteiger charge is -2.24. The second-order valence-electron chi connectivity index (χ2n) is 5.82. The molecule has 0 aromatic heterocycles. The van der Waals surface area contributed by atoms with Crippen molar-refractivity contribution in [3.63, 3.8) is 0 Å². The summed E-state index contributed by atoms with van der Waals surface area (Å²) in [5.74, 6) is 1.05. The Bertz CT molecular complexity index is 506. The van der Waals surface area contributed by atoms with E-state index in [4.69, 9.17) is 14.2 Å². The van der Waals surface area contributed by atoms with E-state index in [-0.39, 0.29) is 18.0 Å². The van der Waals surface area contributed by atoms with Crippen LogP contribution in [0.1, 0.15) is 50.5 Å². The van der Waals surface area contributed by atoms with Gasteiger partial charge in [0.25, 0.3) is 0 Å². The van der Waals surface area contributed by atoms with Crippen molar-refractivity contribution in [1.82, 2.24) is 0 Å². The first-order valence-electron chi connectivity index (χ1n) is 7.84. The summed E-state index contributed by atoms with van der Waals surface area (Å²) in [5, 5.41) is 0. The van der Waals surface area contributed by atoms with E-state index in [1.807, 2.05) is 25.1 Å². The maximum absolute atomic E-state index is 12.3. The van der Waals surface area contributed by atoms with Gasteiger partial charge >= 0.3 is 5.97 Å². The summed E-state index contributed by atoms with van der Waals surface area (Å²) in [5.41, 5.74) is 0.917. The van der Waals surface area contributed by atoms with Crippen LogP contribution >= 0.6 is 0 Å². The molecular weight excluding hydrogens is 268 g/mol. The number of benzene rings is 1. The van der Waals surface area contributed by atoms with Gasteiger partial charge in [0.05, 0.1) is 5.92 Å². The first-order valence-corrected chi connectivity index (χ1v) is 7.84. The van der Waals surface area contributed by atoms with Gasteiger partial charge in [-0.2, -0.15) is 0 Å². The molecule has 21 heavy (non-hydrogen) atoms. The normalized spacial score (nSPS) is 19.9. The van der Waals surface area contributed by atoms with Gasteiger partial charge in [0, 0.05) is 0 Å². The van der Waals surface area contributed by atoms with E-state index in [0.717, 1.165) is 42.7 Å². The van der Waals surface area contributed by atoms with Gasteiger partial charge in [0.15, 0.2) is 11.5 Å². The molecule has 2 aliphatic rings. The number of esters is 1. The van der Waals surface area contributed by atoms with Crippen LogP contribution in [0, 0.1) is 0 Å². The molecule has 114 valence electrons. The van der Waals surface area contributed by atoms with E-state index < -0.39 is 0 Å². The SMILES string of the molecule is CC(C(=O)OC1CCCCC1)c1ccc2c(c1)OCCO2. The first-order chi connectivity index (χ1) is 10.2. The quantitative estimate of drug-likeness (QED) is 0.800. The van der Waals surface area contributed by atoms with Crippen LogP contribution in [0.2, 0.25) is 0 Å². The number of ether oxygens (including phenoxy) is 3. The smallest absolute Gasteiger partial charge is 0.313 e. The third-order valence-electron chi connectivity index (χ3n) is 4.25. The van der Waals surface area contributed by atoms with Gasteiger partial charge in [-0.15, -0.1) is 0 Å². The molecular formula is C17H22O4. The standard InChI is InChI=1S/C17H22O4/c1-12(17(18)21-14-5-3-2-4-6-14)13-7-8-15-16(11-13)20-10-9-19-15/h7-8,11-12,14H,2-6,9-10H2,1H3. The zero-order valence-electron chi connectivity index (χ0n) is 12.5. The summed E-state index contributed by atoms with van der Waals surface area (Å²) in [6, 6.07) is 5.68. The van der Waals surface area contributed by atoms with Gasteiger partial charge in [-0.25, -0.2) is 0 Å². The molecule has 0 N–H and O–H groups in total. The second kappa shape index (κ2) is 6.37. The molecule has 1 aromatic rings. The Morgan fingerprint density at radius 2 is 1.86 bits per heavy atom. The molecule has 0 amide bonds. The molecule has 1 aromatic carbocycles. The number of hydrogen-bond acceptors (Lipinski definition) is 4. The molecule has 0 spiro atoms. The number of carbonyl (C=O) groups excluding carboxylic acids is 1. The van der Waals surface area contributed by atoms with E-state index in [1.165, 1.54) is 6.42 Å².